The van der Waals surface area contributed by atoms with E-state index < -0.39 is 0 Å². The van der Waals surface area contributed by atoms with Gasteiger partial charge in [0.05, 0.1) is 17.3 Å². The Morgan fingerprint density at radius 3 is 3.00 bits per heavy atom. The fourth-order valence-corrected chi connectivity index (χ4v) is 1.80. The topological polar surface area (TPSA) is 48.1 Å². The first-order chi connectivity index (χ1) is 6.22. The Bertz CT molecular complexity index is 250. The molecule has 2 N–H and O–H groups in total. The lowest BCUT2D eigenvalue weighted by atomic mass is 10.1. The molecule has 1 aromatic rings. The minimum Gasteiger partial charge on any atom is -0.383 e. The molecule has 0 fully saturated rings. The maximum absolute atomic E-state index is 5.79. The summed E-state index contributed by atoms with van der Waals surface area (Å²) in [4.78, 5) is 4.36. The Morgan fingerprint density at radius 1 is 1.69 bits per heavy atom. The van der Waals surface area contributed by atoms with Crippen LogP contribution in [-0.4, -0.2) is 24.7 Å². The lowest BCUT2D eigenvalue weighted by Gasteiger charge is -2.08. The summed E-state index contributed by atoms with van der Waals surface area (Å²) in [6.45, 7) is 2.65. The SMILES string of the molecule is COCC(N)CCc1csc(C)n1. The fourth-order valence-electron chi connectivity index (χ4n) is 1.15. The largest absolute Gasteiger partial charge is 0.383 e. The van der Waals surface area contributed by atoms with Crippen molar-refractivity contribution in [3.8, 4) is 0 Å². The van der Waals surface area contributed by atoms with Gasteiger partial charge in [-0.15, -0.1) is 11.3 Å². The van der Waals surface area contributed by atoms with E-state index >= 15 is 0 Å². The van der Waals surface area contributed by atoms with Crippen molar-refractivity contribution in [2.75, 3.05) is 13.7 Å². The van der Waals surface area contributed by atoms with E-state index in [-0.39, 0.29) is 6.04 Å². The van der Waals surface area contributed by atoms with Gasteiger partial charge in [0.25, 0.3) is 0 Å². The van der Waals surface area contributed by atoms with Gasteiger partial charge < -0.3 is 10.5 Å². The van der Waals surface area contributed by atoms with Crippen molar-refractivity contribution < 1.29 is 4.74 Å². The monoisotopic (exact) mass is 200 g/mol. The molecule has 0 radical (unpaired) electrons. The summed E-state index contributed by atoms with van der Waals surface area (Å²) in [5.41, 5.74) is 6.94. The first-order valence-electron chi connectivity index (χ1n) is 4.38. The van der Waals surface area contributed by atoms with Crippen LogP contribution in [-0.2, 0) is 11.2 Å². The lowest BCUT2D eigenvalue weighted by molar-refractivity contribution is 0.177. The van der Waals surface area contributed by atoms with E-state index in [1.807, 2.05) is 6.92 Å². The van der Waals surface area contributed by atoms with Crippen LogP contribution in [0.25, 0.3) is 0 Å². The zero-order valence-corrected chi connectivity index (χ0v) is 8.93. The summed E-state index contributed by atoms with van der Waals surface area (Å²) < 4.78 is 4.95. The summed E-state index contributed by atoms with van der Waals surface area (Å²) in [7, 11) is 1.67. The van der Waals surface area contributed by atoms with Crippen molar-refractivity contribution in [3.05, 3.63) is 16.1 Å². The second-order valence-electron chi connectivity index (χ2n) is 3.11. The zero-order chi connectivity index (χ0) is 9.68. The van der Waals surface area contributed by atoms with E-state index in [0.29, 0.717) is 6.61 Å². The highest BCUT2D eigenvalue weighted by atomic mass is 32.1. The molecule has 0 spiro atoms. The highest BCUT2D eigenvalue weighted by Crippen LogP contribution is 2.10. The molecule has 0 saturated heterocycles. The average molecular weight is 200 g/mol. The third-order valence-electron chi connectivity index (χ3n) is 1.82. The first kappa shape index (κ1) is 10.6. The average Bonchev–Trinajstić information content (AvgIpc) is 2.49. The van der Waals surface area contributed by atoms with Crippen molar-refractivity contribution in [3.63, 3.8) is 0 Å². The van der Waals surface area contributed by atoms with Gasteiger partial charge in [-0.2, -0.15) is 0 Å². The predicted molar refractivity (Wildman–Crippen MR) is 55.0 cm³/mol. The van der Waals surface area contributed by atoms with Crippen molar-refractivity contribution in [2.24, 2.45) is 5.73 Å². The summed E-state index contributed by atoms with van der Waals surface area (Å²) in [5, 5.41) is 3.21. The van der Waals surface area contributed by atoms with Gasteiger partial charge in [0.15, 0.2) is 0 Å². The van der Waals surface area contributed by atoms with Crippen molar-refractivity contribution in [1.29, 1.82) is 0 Å². The maximum atomic E-state index is 5.79. The quantitative estimate of drug-likeness (QED) is 0.780. The molecule has 0 aliphatic carbocycles. The summed E-state index contributed by atoms with van der Waals surface area (Å²) >= 11 is 1.69. The van der Waals surface area contributed by atoms with Gasteiger partial charge in [-0.1, -0.05) is 0 Å². The first-order valence-corrected chi connectivity index (χ1v) is 5.26. The number of aryl methyl sites for hydroxylation is 2. The van der Waals surface area contributed by atoms with Crippen LogP contribution in [0.4, 0.5) is 0 Å². The standard InChI is InChI=1S/C9H16N2OS/c1-7-11-9(6-13-7)4-3-8(10)5-12-2/h6,8H,3-5,10H2,1-2H3. The molecule has 1 heterocycles. The van der Waals surface area contributed by atoms with Gasteiger partial charge >= 0.3 is 0 Å². The minimum absolute atomic E-state index is 0.131. The summed E-state index contributed by atoms with van der Waals surface area (Å²) in [5.74, 6) is 0. The van der Waals surface area contributed by atoms with Gasteiger partial charge in [0.2, 0.25) is 0 Å². The van der Waals surface area contributed by atoms with Crippen molar-refractivity contribution in [2.45, 2.75) is 25.8 Å². The van der Waals surface area contributed by atoms with Gasteiger partial charge in [-0.05, 0) is 19.8 Å². The molecule has 4 heteroatoms. The number of hydrogen-bond donors (Lipinski definition) is 1. The Morgan fingerprint density at radius 2 is 2.46 bits per heavy atom. The van der Waals surface area contributed by atoms with Crippen LogP contribution < -0.4 is 5.73 Å². The van der Waals surface area contributed by atoms with Crippen LogP contribution in [0.15, 0.2) is 5.38 Å². The molecule has 3 nitrogen and oxygen atoms in total. The van der Waals surface area contributed by atoms with Gasteiger partial charge in [-0.25, -0.2) is 4.98 Å². The number of methoxy groups -OCH3 is 1. The van der Waals surface area contributed by atoms with E-state index in [4.69, 9.17) is 10.5 Å². The Hall–Kier alpha value is -0.450. The third-order valence-corrected chi connectivity index (χ3v) is 2.64. The molecule has 1 rings (SSSR count). The van der Waals surface area contributed by atoms with Gasteiger partial charge in [0, 0.05) is 18.5 Å². The van der Waals surface area contributed by atoms with Crippen LogP contribution in [0.5, 0.6) is 0 Å². The molecule has 0 aliphatic rings. The Kier molecular flexibility index (Phi) is 4.35. The van der Waals surface area contributed by atoms with Crippen molar-refractivity contribution >= 4 is 11.3 Å². The number of hydrogen-bond acceptors (Lipinski definition) is 4. The molecule has 74 valence electrons. The van der Waals surface area contributed by atoms with Crippen LogP contribution in [0, 0.1) is 6.92 Å². The number of nitrogens with zero attached hydrogens (tertiary/aromatic N) is 1. The molecule has 0 aliphatic heterocycles. The molecule has 0 bridgehead atoms. The summed E-state index contributed by atoms with van der Waals surface area (Å²) in [6.07, 6.45) is 1.89. The second-order valence-corrected chi connectivity index (χ2v) is 4.17. The van der Waals surface area contributed by atoms with Crippen LogP contribution in [0.1, 0.15) is 17.1 Å². The lowest BCUT2D eigenvalue weighted by Crippen LogP contribution is -2.26. The second kappa shape index (κ2) is 5.32. The fraction of sp³-hybridized carbons (Fsp3) is 0.667. The zero-order valence-electron chi connectivity index (χ0n) is 8.12. The number of aromatic nitrogens is 1. The Balaban J connectivity index is 2.26. The maximum Gasteiger partial charge on any atom is 0.0897 e. The minimum atomic E-state index is 0.131. The summed E-state index contributed by atoms with van der Waals surface area (Å²) in [6, 6.07) is 0.131. The molecular formula is C9H16N2OS. The van der Waals surface area contributed by atoms with E-state index in [0.717, 1.165) is 23.5 Å². The molecule has 0 amide bonds. The van der Waals surface area contributed by atoms with E-state index in [9.17, 15) is 0 Å². The van der Waals surface area contributed by atoms with Crippen LogP contribution in [0.3, 0.4) is 0 Å². The molecule has 1 unspecified atom stereocenters. The molecule has 0 aromatic carbocycles. The van der Waals surface area contributed by atoms with Gasteiger partial charge in [0.1, 0.15) is 0 Å². The smallest absolute Gasteiger partial charge is 0.0897 e. The van der Waals surface area contributed by atoms with E-state index in [2.05, 4.69) is 10.4 Å². The normalized spacial score (nSPS) is 13.2. The van der Waals surface area contributed by atoms with Crippen LogP contribution in [0.2, 0.25) is 0 Å². The number of thiazole rings is 1. The van der Waals surface area contributed by atoms with Crippen LogP contribution >= 0.6 is 11.3 Å². The van der Waals surface area contributed by atoms with Crippen molar-refractivity contribution in [1.82, 2.24) is 4.98 Å². The molecule has 0 saturated carbocycles. The number of ether oxygens (including phenoxy) is 1. The third kappa shape index (κ3) is 3.85. The number of rotatable bonds is 5. The van der Waals surface area contributed by atoms with E-state index in [1.54, 1.807) is 18.4 Å². The molecular weight excluding hydrogens is 184 g/mol. The highest BCUT2D eigenvalue weighted by Gasteiger charge is 2.04. The molecule has 1 aromatic heterocycles. The Labute approximate surface area is 82.9 Å². The number of nitrogens with two attached hydrogens (primary N) is 1. The highest BCUT2D eigenvalue weighted by molar-refractivity contribution is 7.09. The predicted octanol–water partition coefficient (Wildman–Crippen LogP) is 1.36. The van der Waals surface area contributed by atoms with E-state index in [1.165, 1.54) is 0 Å². The van der Waals surface area contributed by atoms with Gasteiger partial charge in [-0.3, -0.25) is 0 Å². The molecule has 13 heavy (non-hydrogen) atoms. The molecule has 1 atom stereocenters.